The average Bonchev–Trinajstić information content (AvgIpc) is 1.00. The third-order valence-electron chi connectivity index (χ3n) is 16.1. The van der Waals surface area contributed by atoms with Crippen molar-refractivity contribution in [3.63, 3.8) is 0 Å². The highest BCUT2D eigenvalue weighted by molar-refractivity contribution is 6.30. The van der Waals surface area contributed by atoms with Crippen LogP contribution in [-0.4, -0.2) is 181 Å². The SMILES string of the molecule is C=C(NC)Oc1cccc(Nc2cc(C)nc3nc(N4CCN(C)CC4)cnc23)c1.CCN1CCN(c2cnc3c(Nc4ccc(-c5nncn5CC)cc4)cc(C)nc3n2)CC1.CCc1cc(Nc2ccc(Cl)cc2)c2ncc(N3CCN(C)CC3)nc2n1. The summed E-state index contributed by atoms with van der Waals surface area (Å²) in [5, 5.41) is 22.2. The first-order valence-electron chi connectivity index (χ1n) is 30.8. The van der Waals surface area contributed by atoms with Gasteiger partial charge in [0.05, 0.1) is 35.7 Å². The topological polar surface area (TPSA) is 224 Å². The van der Waals surface area contributed by atoms with E-state index in [0.29, 0.717) is 33.6 Å². The predicted octanol–water partition coefficient (Wildman–Crippen LogP) is 10.1. The normalized spacial score (nSPS) is 14.8. The standard InChI is InChI=1S/C24H29N9.C22H27N7O.C20H23ClN6/c1-4-31-10-12-33(13-11-31)21-15-25-22-20(14-17(3)27-23(22)29-21)28-19-8-6-18(7-9-19)24-30-26-16-32(24)5-2;1-15-12-19(26-17-6-5-7-18(13-17)30-16(2)23-3)21-22(25-15)27-20(14-24-21)29-10-8-28(4)9-11-29;1-3-15-12-17(23-16-6-4-14(21)5-7-16)19-20(24-15)25-18(13-22-19)27-10-8-26(2)9-11-27/h6-9,14-16H,4-5,10-13H2,1-3H3,(H,27,28,29);5-7,12-14,23H,2,8-11H2,1,3-4H3,(H,25,26,27);4-7,12-13H,3,8-11H2,1-2H3,(H,23,24,25). The van der Waals surface area contributed by atoms with Crippen molar-refractivity contribution in [2.45, 2.75) is 47.6 Å². The quantitative estimate of drug-likeness (QED) is 0.0660. The molecular weight excluding hydrogens is 1150 g/mol. The number of benzene rings is 3. The Labute approximate surface area is 530 Å². The summed E-state index contributed by atoms with van der Waals surface area (Å²) < 4.78 is 7.67. The Bertz CT molecular complexity index is 4070. The number of hydrogen-bond acceptors (Lipinski definition) is 22. The number of nitrogens with zero attached hydrogens (tertiary/aromatic N) is 18. The zero-order valence-corrected chi connectivity index (χ0v) is 53.4. The third-order valence-corrected chi connectivity index (χ3v) is 16.4. The van der Waals surface area contributed by atoms with E-state index in [0.717, 1.165) is 195 Å². The number of piperazine rings is 3. The lowest BCUT2D eigenvalue weighted by Crippen LogP contribution is -2.46. The van der Waals surface area contributed by atoms with Crippen LogP contribution in [0.25, 0.3) is 44.9 Å². The van der Waals surface area contributed by atoms with Gasteiger partial charge in [-0.1, -0.05) is 31.5 Å². The van der Waals surface area contributed by atoms with Crippen molar-refractivity contribution in [2.75, 3.05) is 137 Å². The summed E-state index contributed by atoms with van der Waals surface area (Å²) in [5.74, 6) is 4.71. The molecule has 90 heavy (non-hydrogen) atoms. The maximum absolute atomic E-state index is 5.99. The summed E-state index contributed by atoms with van der Waals surface area (Å²) in [6, 6.07) is 29.5. The van der Waals surface area contributed by atoms with Crippen molar-refractivity contribution >= 4 is 96.7 Å². The van der Waals surface area contributed by atoms with Crippen molar-refractivity contribution in [3.05, 3.63) is 150 Å². The summed E-state index contributed by atoms with van der Waals surface area (Å²) in [5.41, 5.74) is 13.6. The second-order valence-corrected chi connectivity index (χ2v) is 23.0. The number of likely N-dealkylation sites (N-methyl/N-ethyl adjacent to an activating group) is 3. The fourth-order valence-corrected chi connectivity index (χ4v) is 10.9. The molecule has 10 heterocycles. The maximum Gasteiger partial charge on any atom is 0.185 e. The number of halogens is 1. The van der Waals surface area contributed by atoms with Crippen LogP contribution in [0, 0.1) is 13.8 Å². The second-order valence-electron chi connectivity index (χ2n) is 22.5. The molecule has 3 fully saturated rings. The van der Waals surface area contributed by atoms with E-state index in [1.165, 1.54) is 0 Å². The average molecular weight is 1230 g/mol. The molecule has 23 nitrogen and oxygen atoms in total. The summed E-state index contributed by atoms with van der Waals surface area (Å²) in [4.78, 5) is 56.5. The molecule has 3 aromatic carbocycles. The smallest absolute Gasteiger partial charge is 0.185 e. The van der Waals surface area contributed by atoms with Crippen LogP contribution in [0.4, 0.5) is 51.6 Å². The number of fused-ring (bicyclic) bond motifs is 3. The van der Waals surface area contributed by atoms with Crippen LogP contribution in [0.5, 0.6) is 5.75 Å². The van der Waals surface area contributed by atoms with E-state index in [9.17, 15) is 0 Å². The highest BCUT2D eigenvalue weighted by Gasteiger charge is 2.22. The first-order chi connectivity index (χ1) is 43.8. The molecule has 0 spiro atoms. The van der Waals surface area contributed by atoms with E-state index in [-0.39, 0.29) is 0 Å². The Hall–Kier alpha value is -9.42. The molecule has 0 atom stereocenters. The van der Waals surface area contributed by atoms with Crippen LogP contribution in [0.3, 0.4) is 0 Å². The van der Waals surface area contributed by atoms with Crippen LogP contribution in [-0.2, 0) is 13.0 Å². The number of anilines is 9. The van der Waals surface area contributed by atoms with E-state index in [1.54, 1.807) is 13.4 Å². The largest absolute Gasteiger partial charge is 0.442 e. The number of aromatic nitrogens is 12. The molecule has 24 heteroatoms. The van der Waals surface area contributed by atoms with Gasteiger partial charge in [-0.3, -0.25) is 0 Å². The lowest BCUT2D eigenvalue weighted by Gasteiger charge is -2.34. The molecule has 0 unspecified atom stereocenters. The zero-order valence-electron chi connectivity index (χ0n) is 52.6. The lowest BCUT2D eigenvalue weighted by molar-refractivity contribution is 0.270. The molecule has 0 bridgehead atoms. The molecule has 4 N–H and O–H groups in total. The Morgan fingerprint density at radius 3 is 1.51 bits per heavy atom. The molecule has 466 valence electrons. The number of nitrogens with one attached hydrogen (secondary N) is 4. The Morgan fingerprint density at radius 1 is 0.544 bits per heavy atom. The number of pyridine rings is 3. The molecule has 13 rings (SSSR count). The summed E-state index contributed by atoms with van der Waals surface area (Å²) in [6.45, 7) is 28.0. The van der Waals surface area contributed by atoms with Crippen molar-refractivity contribution < 1.29 is 4.74 Å². The minimum atomic E-state index is 0.486. The molecule has 3 aliphatic rings. The van der Waals surface area contributed by atoms with Gasteiger partial charge >= 0.3 is 0 Å². The van der Waals surface area contributed by atoms with E-state index in [2.05, 4.69) is 124 Å². The van der Waals surface area contributed by atoms with Gasteiger partial charge in [-0.05, 0) is 133 Å². The predicted molar refractivity (Wildman–Crippen MR) is 362 cm³/mol. The van der Waals surface area contributed by atoms with Gasteiger partial charge in [-0.2, -0.15) is 0 Å². The first-order valence-corrected chi connectivity index (χ1v) is 31.2. The van der Waals surface area contributed by atoms with Crippen molar-refractivity contribution in [1.29, 1.82) is 0 Å². The van der Waals surface area contributed by atoms with Gasteiger partial charge in [0.1, 0.15) is 46.1 Å². The van der Waals surface area contributed by atoms with Crippen LogP contribution >= 0.6 is 11.6 Å². The van der Waals surface area contributed by atoms with Crippen LogP contribution in [0.1, 0.15) is 37.9 Å². The minimum Gasteiger partial charge on any atom is -0.442 e. The van der Waals surface area contributed by atoms with Gasteiger partial charge in [-0.15, -0.1) is 10.2 Å². The van der Waals surface area contributed by atoms with Crippen LogP contribution in [0.15, 0.2) is 128 Å². The second kappa shape index (κ2) is 28.8. The molecular formula is C66H79ClN22O. The molecule has 7 aromatic heterocycles. The Balaban J connectivity index is 0.000000140. The number of rotatable bonds is 16. The number of ether oxygens (including phenoxy) is 1. The highest BCUT2D eigenvalue weighted by Crippen LogP contribution is 2.32. The van der Waals surface area contributed by atoms with E-state index in [4.69, 9.17) is 51.2 Å². The van der Waals surface area contributed by atoms with Crippen molar-refractivity contribution in [1.82, 2.24) is 79.6 Å². The van der Waals surface area contributed by atoms with Crippen molar-refractivity contribution in [3.8, 4) is 17.1 Å². The van der Waals surface area contributed by atoms with Crippen LogP contribution in [0.2, 0.25) is 5.02 Å². The monoisotopic (exact) mass is 1230 g/mol. The molecule has 10 aromatic rings. The van der Waals surface area contributed by atoms with Gasteiger partial charge in [0.15, 0.2) is 28.6 Å². The van der Waals surface area contributed by atoms with E-state index >= 15 is 0 Å². The number of aryl methyl sites for hydroxylation is 4. The molecule has 0 aliphatic carbocycles. The molecule has 3 saturated heterocycles. The zero-order chi connectivity index (χ0) is 62.7. The van der Waals surface area contributed by atoms with Gasteiger partial charge in [0.2, 0.25) is 0 Å². The first kappa shape index (κ1) is 62.2. The Kier molecular flexibility index (Phi) is 19.9. The Morgan fingerprint density at radius 2 is 1.02 bits per heavy atom. The van der Waals surface area contributed by atoms with E-state index in [1.807, 2.05) is 116 Å². The molecule has 0 radical (unpaired) electrons. The van der Waals surface area contributed by atoms with Gasteiger partial charge in [-0.25, -0.2) is 44.9 Å². The summed E-state index contributed by atoms with van der Waals surface area (Å²) in [7, 11) is 6.06. The minimum absolute atomic E-state index is 0.486. The number of hydrogen-bond donors (Lipinski definition) is 4. The molecule has 0 amide bonds. The maximum atomic E-state index is 5.99. The van der Waals surface area contributed by atoms with Gasteiger partial charge in [0, 0.05) is 143 Å². The van der Waals surface area contributed by atoms with Gasteiger partial charge in [0.25, 0.3) is 0 Å². The fourth-order valence-electron chi connectivity index (χ4n) is 10.8. The van der Waals surface area contributed by atoms with Crippen molar-refractivity contribution in [2.24, 2.45) is 0 Å². The highest BCUT2D eigenvalue weighted by atomic mass is 35.5. The fraction of sp³-hybridized carbons (Fsp3) is 0.348. The molecule has 0 saturated carbocycles. The van der Waals surface area contributed by atoms with Gasteiger partial charge < -0.3 is 60.0 Å². The molecule has 3 aliphatic heterocycles. The summed E-state index contributed by atoms with van der Waals surface area (Å²) in [6.07, 6.45) is 8.16. The lowest BCUT2D eigenvalue weighted by atomic mass is 10.2. The van der Waals surface area contributed by atoms with E-state index < -0.39 is 0 Å². The third kappa shape index (κ3) is 15.3. The summed E-state index contributed by atoms with van der Waals surface area (Å²) >= 11 is 5.99. The van der Waals surface area contributed by atoms with Crippen LogP contribution < -0.4 is 40.7 Å².